The van der Waals surface area contributed by atoms with Gasteiger partial charge in [-0.2, -0.15) is 0 Å². The second kappa shape index (κ2) is 8.55. The van der Waals surface area contributed by atoms with E-state index >= 15 is 0 Å². The Labute approximate surface area is 189 Å². The van der Waals surface area contributed by atoms with Crippen molar-refractivity contribution >= 4 is 78.8 Å². The zero-order valence-electron chi connectivity index (χ0n) is 15.7. The first kappa shape index (κ1) is 21.1. The minimum Gasteiger partial charge on any atom is -0.465 e. The second-order valence-electron chi connectivity index (χ2n) is 6.56. The fourth-order valence-electron chi connectivity index (χ4n) is 3.34. The number of halogens is 2. The fourth-order valence-corrected chi connectivity index (χ4v) is 6.31. The molecule has 3 aromatic rings. The van der Waals surface area contributed by atoms with Crippen LogP contribution < -0.4 is 5.32 Å². The monoisotopic (exact) mass is 483 g/mol. The molecular weight excluding hydrogens is 469 g/mol. The van der Waals surface area contributed by atoms with Crippen LogP contribution in [0, 0.1) is 0 Å². The molecule has 4 rings (SSSR count). The summed E-state index contributed by atoms with van der Waals surface area (Å²) in [6, 6.07) is 5.12. The largest absolute Gasteiger partial charge is 0.465 e. The zero-order valence-corrected chi connectivity index (χ0v) is 18.8. The zero-order chi connectivity index (χ0) is 21.4. The highest BCUT2D eigenvalue weighted by Gasteiger charge is 2.28. The van der Waals surface area contributed by atoms with Gasteiger partial charge < -0.3 is 14.8 Å². The summed E-state index contributed by atoms with van der Waals surface area (Å²) in [5.41, 5.74) is 1.31. The minimum absolute atomic E-state index is 0.201. The summed E-state index contributed by atoms with van der Waals surface area (Å²) in [6.07, 6.45) is 2.61. The van der Waals surface area contributed by atoms with Crippen LogP contribution in [-0.2, 0) is 27.1 Å². The molecule has 10 heteroatoms. The minimum atomic E-state index is -0.700. The number of amides is 1. The molecule has 156 valence electrons. The molecule has 0 saturated carbocycles. The lowest BCUT2D eigenvalue weighted by Gasteiger charge is -2.07. The van der Waals surface area contributed by atoms with E-state index in [-0.39, 0.29) is 9.90 Å². The maximum absolute atomic E-state index is 12.4. The molecule has 1 N–H and O–H groups in total. The van der Waals surface area contributed by atoms with Crippen molar-refractivity contribution in [2.75, 3.05) is 19.0 Å². The number of anilines is 1. The van der Waals surface area contributed by atoms with E-state index in [2.05, 4.69) is 5.32 Å². The number of carbonyl (C=O) groups is 3. The Hall–Kier alpha value is -2.13. The first-order valence-corrected chi connectivity index (χ1v) is 11.3. The van der Waals surface area contributed by atoms with Gasteiger partial charge in [0.2, 0.25) is 0 Å². The van der Waals surface area contributed by atoms with Crippen molar-refractivity contribution in [1.82, 2.24) is 0 Å². The maximum Gasteiger partial charge on any atom is 0.350 e. The summed E-state index contributed by atoms with van der Waals surface area (Å²) < 4.78 is 10.7. The molecule has 0 atom stereocenters. The summed E-state index contributed by atoms with van der Waals surface area (Å²) in [7, 11) is 1.30. The van der Waals surface area contributed by atoms with Crippen LogP contribution in [0.5, 0.6) is 0 Å². The summed E-state index contributed by atoms with van der Waals surface area (Å²) in [5.74, 6) is -1.74. The van der Waals surface area contributed by atoms with Gasteiger partial charge in [-0.05, 0) is 37.0 Å². The number of fused-ring (bicyclic) bond motifs is 2. The Morgan fingerprint density at radius 2 is 1.93 bits per heavy atom. The SMILES string of the molecule is COC(=O)c1c(NC(=O)COC(=O)c2sc3cc(Cl)ccc3c2Cl)sc2c1CCC2. The Balaban J connectivity index is 1.45. The quantitative estimate of drug-likeness (QED) is 0.495. The Kier molecular flexibility index (Phi) is 6.02. The number of benzene rings is 1. The van der Waals surface area contributed by atoms with E-state index < -0.39 is 24.5 Å². The molecule has 1 aromatic carbocycles. The lowest BCUT2D eigenvalue weighted by molar-refractivity contribution is -0.119. The molecule has 0 bridgehead atoms. The van der Waals surface area contributed by atoms with Crippen LogP contribution in [0.3, 0.4) is 0 Å². The smallest absolute Gasteiger partial charge is 0.350 e. The number of aryl methyl sites for hydroxylation is 1. The molecule has 0 saturated heterocycles. The van der Waals surface area contributed by atoms with Gasteiger partial charge in [0.15, 0.2) is 6.61 Å². The molecule has 0 spiro atoms. The number of hydrogen-bond donors (Lipinski definition) is 1. The van der Waals surface area contributed by atoms with E-state index in [0.29, 0.717) is 21.0 Å². The van der Waals surface area contributed by atoms with Crippen LogP contribution in [-0.4, -0.2) is 31.6 Å². The van der Waals surface area contributed by atoms with Gasteiger partial charge in [0.1, 0.15) is 9.88 Å². The third-order valence-electron chi connectivity index (χ3n) is 4.68. The van der Waals surface area contributed by atoms with E-state index in [4.69, 9.17) is 32.7 Å². The van der Waals surface area contributed by atoms with Gasteiger partial charge >= 0.3 is 11.9 Å². The van der Waals surface area contributed by atoms with Gasteiger partial charge in [-0.1, -0.05) is 29.3 Å². The number of nitrogens with one attached hydrogen (secondary N) is 1. The van der Waals surface area contributed by atoms with Gasteiger partial charge in [-0.3, -0.25) is 4.79 Å². The van der Waals surface area contributed by atoms with Crippen molar-refractivity contribution in [2.45, 2.75) is 19.3 Å². The third-order valence-corrected chi connectivity index (χ3v) is 7.75. The topological polar surface area (TPSA) is 81.7 Å². The standard InChI is InChI=1S/C20H15Cl2NO5S2/c1-27-19(25)15-10-3-2-4-12(10)30-18(15)23-14(24)8-28-20(26)17-16(22)11-6-5-9(21)7-13(11)29-17/h5-7H,2-4,8H2,1H3,(H,23,24). The van der Waals surface area contributed by atoms with Crippen molar-refractivity contribution in [3.63, 3.8) is 0 Å². The Morgan fingerprint density at radius 1 is 1.13 bits per heavy atom. The number of thiophene rings is 2. The van der Waals surface area contributed by atoms with Crippen LogP contribution in [0.4, 0.5) is 5.00 Å². The molecule has 30 heavy (non-hydrogen) atoms. The maximum atomic E-state index is 12.4. The van der Waals surface area contributed by atoms with Gasteiger partial charge in [0.05, 0.1) is 17.7 Å². The Bertz CT molecular complexity index is 1180. The first-order chi connectivity index (χ1) is 14.4. The molecule has 1 aliphatic carbocycles. The number of hydrogen-bond acceptors (Lipinski definition) is 7. The summed E-state index contributed by atoms with van der Waals surface area (Å²) in [6.45, 7) is -0.507. The molecule has 2 heterocycles. The first-order valence-electron chi connectivity index (χ1n) is 8.96. The third kappa shape index (κ3) is 3.92. The molecule has 0 unspecified atom stereocenters. The highest BCUT2D eigenvalue weighted by molar-refractivity contribution is 7.21. The van der Waals surface area contributed by atoms with Gasteiger partial charge in [0.25, 0.3) is 5.91 Å². The van der Waals surface area contributed by atoms with Crippen molar-refractivity contribution < 1.29 is 23.9 Å². The average Bonchev–Trinajstić information content (AvgIpc) is 3.38. The van der Waals surface area contributed by atoms with E-state index in [1.54, 1.807) is 18.2 Å². The highest BCUT2D eigenvalue weighted by Crippen LogP contribution is 2.40. The van der Waals surface area contributed by atoms with E-state index in [1.165, 1.54) is 18.4 Å². The molecular formula is C20H15Cl2NO5S2. The van der Waals surface area contributed by atoms with Crippen LogP contribution in [0.15, 0.2) is 18.2 Å². The molecule has 6 nitrogen and oxygen atoms in total. The van der Waals surface area contributed by atoms with E-state index in [9.17, 15) is 14.4 Å². The lowest BCUT2D eigenvalue weighted by Crippen LogP contribution is -2.21. The van der Waals surface area contributed by atoms with Crippen LogP contribution in [0.2, 0.25) is 10.0 Å². The number of methoxy groups -OCH3 is 1. The number of carbonyl (C=O) groups excluding carboxylic acids is 3. The Morgan fingerprint density at radius 3 is 2.70 bits per heavy atom. The average molecular weight is 484 g/mol. The van der Waals surface area contributed by atoms with Crippen LogP contribution in [0.1, 0.15) is 36.9 Å². The fraction of sp³-hybridized carbons (Fsp3) is 0.250. The second-order valence-corrected chi connectivity index (χ2v) is 9.53. The normalized spacial score (nSPS) is 12.6. The van der Waals surface area contributed by atoms with Gasteiger partial charge in [-0.15, -0.1) is 22.7 Å². The van der Waals surface area contributed by atoms with E-state index in [1.807, 2.05) is 0 Å². The lowest BCUT2D eigenvalue weighted by atomic mass is 10.1. The molecule has 1 amide bonds. The number of esters is 2. The van der Waals surface area contributed by atoms with E-state index in [0.717, 1.165) is 45.7 Å². The molecule has 1 aliphatic rings. The number of ether oxygens (including phenoxy) is 2. The van der Waals surface area contributed by atoms with Gasteiger partial charge in [0, 0.05) is 20.0 Å². The van der Waals surface area contributed by atoms with Crippen LogP contribution >= 0.6 is 45.9 Å². The molecule has 0 aliphatic heterocycles. The van der Waals surface area contributed by atoms with Crippen molar-refractivity contribution in [1.29, 1.82) is 0 Å². The van der Waals surface area contributed by atoms with Crippen LogP contribution in [0.25, 0.3) is 10.1 Å². The molecule has 2 aromatic heterocycles. The molecule has 0 radical (unpaired) electrons. The highest BCUT2D eigenvalue weighted by atomic mass is 35.5. The van der Waals surface area contributed by atoms with Crippen molar-refractivity contribution in [2.24, 2.45) is 0 Å². The summed E-state index contributed by atoms with van der Waals surface area (Å²) in [5, 5.41) is 4.57. The predicted molar refractivity (Wildman–Crippen MR) is 118 cm³/mol. The molecule has 0 fully saturated rings. The van der Waals surface area contributed by atoms with Gasteiger partial charge in [-0.25, -0.2) is 9.59 Å². The summed E-state index contributed by atoms with van der Waals surface area (Å²) >= 11 is 14.8. The number of rotatable bonds is 5. The predicted octanol–water partition coefficient (Wildman–Crippen LogP) is 5.34. The van der Waals surface area contributed by atoms with Crippen molar-refractivity contribution in [3.8, 4) is 0 Å². The van der Waals surface area contributed by atoms with Crippen molar-refractivity contribution in [3.05, 3.63) is 49.1 Å². The summed E-state index contributed by atoms with van der Waals surface area (Å²) in [4.78, 5) is 38.2.